The molecule has 35 heavy (non-hydrogen) atoms. The van der Waals surface area contributed by atoms with Gasteiger partial charge in [0.05, 0.1) is 17.3 Å². The second kappa shape index (κ2) is 8.80. The van der Waals surface area contributed by atoms with Gasteiger partial charge in [0.15, 0.2) is 0 Å². The molecule has 1 saturated heterocycles. The molecule has 176 valence electrons. The third-order valence-electron chi connectivity index (χ3n) is 6.50. The summed E-state index contributed by atoms with van der Waals surface area (Å²) in [4.78, 5) is 31.7. The molecule has 10 nitrogen and oxygen atoms in total. The molecule has 10 heteroatoms. The predicted molar refractivity (Wildman–Crippen MR) is 134 cm³/mol. The number of nitrogens with zero attached hydrogens (tertiary/aromatic N) is 6. The molecule has 3 N–H and O–H groups in total. The summed E-state index contributed by atoms with van der Waals surface area (Å²) >= 11 is 0. The molecule has 0 aliphatic carbocycles. The van der Waals surface area contributed by atoms with Gasteiger partial charge in [0, 0.05) is 53.7 Å². The predicted octanol–water partition coefficient (Wildman–Crippen LogP) is 3.24. The van der Waals surface area contributed by atoms with Crippen LogP contribution in [0.15, 0.2) is 61.4 Å². The van der Waals surface area contributed by atoms with Crippen LogP contribution in [-0.2, 0) is 0 Å². The maximum atomic E-state index is 13.1. The van der Waals surface area contributed by atoms with E-state index in [1.807, 2.05) is 36.7 Å². The molecule has 0 saturated carbocycles. The van der Waals surface area contributed by atoms with E-state index in [-0.39, 0.29) is 11.9 Å². The Morgan fingerprint density at radius 2 is 1.97 bits per heavy atom. The first-order valence-electron chi connectivity index (χ1n) is 11.6. The van der Waals surface area contributed by atoms with Gasteiger partial charge in [0.25, 0.3) is 5.91 Å². The molecule has 5 aromatic rings. The van der Waals surface area contributed by atoms with Crippen molar-refractivity contribution in [3.05, 3.63) is 67.0 Å². The van der Waals surface area contributed by atoms with E-state index in [2.05, 4.69) is 47.6 Å². The number of anilines is 2. The van der Waals surface area contributed by atoms with Crippen LogP contribution in [0.2, 0.25) is 0 Å². The Morgan fingerprint density at radius 1 is 1.14 bits per heavy atom. The van der Waals surface area contributed by atoms with Gasteiger partial charge < -0.3 is 20.5 Å². The van der Waals surface area contributed by atoms with Gasteiger partial charge in [0.1, 0.15) is 5.65 Å². The number of aromatic amines is 1. The van der Waals surface area contributed by atoms with Crippen LogP contribution in [-0.4, -0.2) is 66.5 Å². The van der Waals surface area contributed by atoms with Gasteiger partial charge in [-0.05, 0) is 62.8 Å². The lowest BCUT2D eigenvalue weighted by atomic mass is 10.0. The number of carbonyl (C=O) groups is 1. The largest absolute Gasteiger partial charge is 0.349 e. The highest BCUT2D eigenvalue weighted by Gasteiger charge is 2.21. The van der Waals surface area contributed by atoms with Crippen LogP contribution < -0.4 is 10.6 Å². The van der Waals surface area contributed by atoms with E-state index < -0.39 is 0 Å². The Labute approximate surface area is 201 Å². The van der Waals surface area contributed by atoms with Crippen LogP contribution in [0, 0.1) is 0 Å². The number of rotatable bonds is 5. The highest BCUT2D eigenvalue weighted by molar-refractivity contribution is 6.02. The lowest BCUT2D eigenvalue weighted by molar-refractivity contribution is 0.0918. The quantitative estimate of drug-likeness (QED) is 0.363. The first-order chi connectivity index (χ1) is 17.1. The van der Waals surface area contributed by atoms with Gasteiger partial charge in [-0.25, -0.2) is 9.50 Å². The van der Waals surface area contributed by atoms with Crippen LogP contribution in [0.5, 0.6) is 0 Å². The Kier molecular flexibility index (Phi) is 5.34. The molecule has 0 radical (unpaired) electrons. The van der Waals surface area contributed by atoms with Crippen molar-refractivity contribution in [1.82, 2.24) is 39.8 Å². The summed E-state index contributed by atoms with van der Waals surface area (Å²) in [6, 6.07) is 7.87. The van der Waals surface area contributed by atoms with Gasteiger partial charge in [-0.2, -0.15) is 10.1 Å². The zero-order chi connectivity index (χ0) is 23.8. The van der Waals surface area contributed by atoms with E-state index in [0.29, 0.717) is 11.5 Å². The fourth-order valence-corrected chi connectivity index (χ4v) is 4.51. The van der Waals surface area contributed by atoms with Crippen molar-refractivity contribution in [2.75, 3.05) is 25.5 Å². The molecule has 1 aliphatic rings. The number of pyridine rings is 2. The van der Waals surface area contributed by atoms with E-state index in [0.717, 1.165) is 59.3 Å². The van der Waals surface area contributed by atoms with Crippen LogP contribution >= 0.6 is 0 Å². The zero-order valence-corrected chi connectivity index (χ0v) is 19.3. The molecular formula is C25H25N9O. The summed E-state index contributed by atoms with van der Waals surface area (Å²) in [5, 5.41) is 11.6. The minimum atomic E-state index is -0.0826. The number of likely N-dealkylation sites (tertiary alicyclic amines) is 1. The van der Waals surface area contributed by atoms with Crippen molar-refractivity contribution in [3.63, 3.8) is 0 Å². The van der Waals surface area contributed by atoms with Crippen LogP contribution in [0.4, 0.5) is 11.6 Å². The average Bonchev–Trinajstić information content (AvgIpc) is 3.49. The highest BCUT2D eigenvalue weighted by atomic mass is 16.1. The number of nitrogens with one attached hydrogen (secondary N) is 3. The maximum absolute atomic E-state index is 13.1. The second-order valence-corrected chi connectivity index (χ2v) is 8.87. The Hall–Kier alpha value is -4.31. The van der Waals surface area contributed by atoms with E-state index >= 15 is 0 Å². The first kappa shape index (κ1) is 21.2. The molecule has 0 bridgehead atoms. The summed E-state index contributed by atoms with van der Waals surface area (Å²) in [6.07, 6.45) is 12.6. The number of amides is 1. The Morgan fingerprint density at radius 3 is 2.80 bits per heavy atom. The maximum Gasteiger partial charge on any atom is 0.255 e. The lowest BCUT2D eigenvalue weighted by Gasteiger charge is -2.29. The summed E-state index contributed by atoms with van der Waals surface area (Å²) in [5.74, 6) is 0.414. The van der Waals surface area contributed by atoms with Crippen LogP contribution in [0.3, 0.4) is 0 Å². The zero-order valence-electron chi connectivity index (χ0n) is 19.3. The number of H-pyrrole nitrogens is 1. The van der Waals surface area contributed by atoms with Gasteiger partial charge in [-0.3, -0.25) is 9.78 Å². The summed E-state index contributed by atoms with van der Waals surface area (Å²) in [6.45, 7) is 1.98. The molecule has 0 spiro atoms. The average molecular weight is 468 g/mol. The third kappa shape index (κ3) is 4.19. The van der Waals surface area contributed by atoms with Crippen molar-refractivity contribution < 1.29 is 4.79 Å². The standard InChI is InChI=1S/C25H25N9O/c1-33-9-5-18(6-10-33)30-24(35)21-15-29-34-11-4-16(12-22(21)34)19-13-27-23-20(19)14-28-25(32-23)31-17-2-7-26-8-3-17/h2-4,7-8,11-15,18H,5-6,9-10H2,1H3,(H,30,35)(H2,26,27,28,31,32). The second-order valence-electron chi connectivity index (χ2n) is 8.87. The fraction of sp³-hybridized carbons (Fsp3) is 0.240. The van der Waals surface area contributed by atoms with Gasteiger partial charge in [0.2, 0.25) is 5.95 Å². The van der Waals surface area contributed by atoms with Crippen molar-refractivity contribution in [1.29, 1.82) is 0 Å². The summed E-state index contributed by atoms with van der Waals surface area (Å²) < 4.78 is 1.73. The molecule has 1 amide bonds. The lowest BCUT2D eigenvalue weighted by Crippen LogP contribution is -2.43. The van der Waals surface area contributed by atoms with Crippen LogP contribution in [0.1, 0.15) is 23.2 Å². The normalized spacial score (nSPS) is 15.0. The third-order valence-corrected chi connectivity index (χ3v) is 6.50. The molecule has 1 aliphatic heterocycles. The van der Waals surface area contributed by atoms with E-state index in [1.54, 1.807) is 29.3 Å². The minimum Gasteiger partial charge on any atom is -0.349 e. The summed E-state index contributed by atoms with van der Waals surface area (Å²) in [7, 11) is 2.11. The van der Waals surface area contributed by atoms with Gasteiger partial charge >= 0.3 is 0 Å². The number of fused-ring (bicyclic) bond motifs is 2. The topological polar surface area (TPSA) is 116 Å². The monoisotopic (exact) mass is 467 g/mol. The molecule has 6 rings (SSSR count). The van der Waals surface area contributed by atoms with E-state index in [9.17, 15) is 4.79 Å². The van der Waals surface area contributed by atoms with E-state index in [4.69, 9.17) is 0 Å². The van der Waals surface area contributed by atoms with Crippen molar-refractivity contribution >= 4 is 34.1 Å². The molecule has 5 aromatic heterocycles. The van der Waals surface area contributed by atoms with Gasteiger partial charge in [-0.15, -0.1) is 0 Å². The minimum absolute atomic E-state index is 0.0826. The Balaban J connectivity index is 1.28. The molecule has 0 atom stereocenters. The molecule has 6 heterocycles. The fourth-order valence-electron chi connectivity index (χ4n) is 4.51. The van der Waals surface area contributed by atoms with Crippen LogP contribution in [0.25, 0.3) is 27.7 Å². The number of hydrogen-bond donors (Lipinski definition) is 3. The molecular weight excluding hydrogens is 442 g/mol. The SMILES string of the molecule is CN1CCC(NC(=O)c2cnn3ccc(-c4c[nH]c5nc(Nc6ccncc6)ncc45)cc23)CC1. The molecule has 1 fully saturated rings. The van der Waals surface area contributed by atoms with Crippen molar-refractivity contribution in [3.8, 4) is 11.1 Å². The first-order valence-corrected chi connectivity index (χ1v) is 11.6. The number of aromatic nitrogens is 6. The highest BCUT2D eigenvalue weighted by Crippen LogP contribution is 2.29. The number of hydrogen-bond acceptors (Lipinski definition) is 7. The smallest absolute Gasteiger partial charge is 0.255 e. The molecule has 0 unspecified atom stereocenters. The van der Waals surface area contributed by atoms with E-state index in [1.165, 1.54) is 0 Å². The van der Waals surface area contributed by atoms with Crippen molar-refractivity contribution in [2.45, 2.75) is 18.9 Å². The summed E-state index contributed by atoms with van der Waals surface area (Å²) in [5.41, 5.74) is 4.84. The van der Waals surface area contributed by atoms with Crippen molar-refractivity contribution in [2.24, 2.45) is 0 Å². The number of piperidine rings is 1. The Bertz CT molecular complexity index is 1500. The molecule has 0 aromatic carbocycles. The number of carbonyl (C=O) groups excluding carboxylic acids is 1. The van der Waals surface area contributed by atoms with Gasteiger partial charge in [-0.1, -0.05) is 0 Å².